The third-order valence-electron chi connectivity index (χ3n) is 3.02. The van der Waals surface area contributed by atoms with Gasteiger partial charge in [-0.15, -0.1) is 0 Å². The molecular weight excluding hydrogens is 318 g/mol. The summed E-state index contributed by atoms with van der Waals surface area (Å²) in [5, 5.41) is 0. The van der Waals surface area contributed by atoms with Gasteiger partial charge in [0.1, 0.15) is 5.78 Å². The molecule has 0 heterocycles. The molecule has 3 nitrogen and oxygen atoms in total. The van der Waals surface area contributed by atoms with Crippen LogP contribution in [0.2, 0.25) is 0 Å². The van der Waals surface area contributed by atoms with E-state index in [1.54, 1.807) is 6.92 Å². The monoisotopic (exact) mass is 334 g/mol. The summed E-state index contributed by atoms with van der Waals surface area (Å²) >= 11 is 0. The Morgan fingerprint density at radius 3 is 1.45 bits per heavy atom. The number of ketones is 3. The molecule has 128 valence electrons. The van der Waals surface area contributed by atoms with Gasteiger partial charge >= 0.3 is 23.9 Å². The lowest BCUT2D eigenvalue weighted by Crippen LogP contribution is -2.39. The summed E-state index contributed by atoms with van der Waals surface area (Å²) in [6.45, 7) is 1.70. The highest BCUT2D eigenvalue weighted by molar-refractivity contribution is 6.41. The zero-order chi connectivity index (χ0) is 17.6. The molecule has 0 radical (unpaired) electrons. The summed E-state index contributed by atoms with van der Waals surface area (Å²) in [4.78, 5) is 29.9. The normalized spacial score (nSPS) is 16.5. The molecule has 0 aromatic heterocycles. The molecule has 9 heteroatoms. The summed E-state index contributed by atoms with van der Waals surface area (Å²) in [6.07, 6.45) is -4.05. The summed E-state index contributed by atoms with van der Waals surface area (Å²) in [5.41, 5.74) is 0. The van der Waals surface area contributed by atoms with Crippen molar-refractivity contribution >= 4 is 17.3 Å². The van der Waals surface area contributed by atoms with Gasteiger partial charge < -0.3 is 4.79 Å². The van der Waals surface area contributed by atoms with Gasteiger partial charge in [0, 0.05) is 6.42 Å². The molecule has 0 bridgehead atoms. The molecule has 0 spiro atoms. The van der Waals surface area contributed by atoms with Gasteiger partial charge in [0.2, 0.25) is 0 Å². The quantitative estimate of drug-likeness (QED) is 0.583. The highest BCUT2D eigenvalue weighted by atomic mass is 19.4. The van der Waals surface area contributed by atoms with Gasteiger partial charge in [-0.1, -0.05) is 32.1 Å². The molecule has 1 aliphatic rings. The minimum Gasteiger partial charge on any atom is -0.300 e. The number of hydrogen-bond donors (Lipinski definition) is 0. The predicted molar refractivity (Wildman–Crippen MR) is 64.0 cm³/mol. The lowest BCUT2D eigenvalue weighted by molar-refractivity contribution is -0.193. The maximum atomic E-state index is 11.2. The second-order valence-corrected chi connectivity index (χ2v) is 5.06. The van der Waals surface area contributed by atoms with Gasteiger partial charge in [-0.3, -0.25) is 9.59 Å². The largest absolute Gasteiger partial charge is 0.458 e. The van der Waals surface area contributed by atoms with Gasteiger partial charge in [-0.2, -0.15) is 26.3 Å². The van der Waals surface area contributed by atoms with Crippen molar-refractivity contribution in [2.75, 3.05) is 0 Å². The van der Waals surface area contributed by atoms with Crippen LogP contribution in [0, 0.1) is 5.92 Å². The highest BCUT2D eigenvalue weighted by Crippen LogP contribution is 2.26. The number of halogens is 6. The predicted octanol–water partition coefficient (Wildman–Crippen LogP) is 3.80. The van der Waals surface area contributed by atoms with E-state index in [1.165, 1.54) is 32.1 Å². The minimum atomic E-state index is -5.77. The fourth-order valence-corrected chi connectivity index (χ4v) is 2.06. The standard InChI is InChI=1S/C9H16O.C4F6O2/c1-8(10)7-9-5-3-2-4-6-9;5-3(6,7)1(11)2(12)4(8,9)10/h9H,2-7H2,1H3;. The van der Waals surface area contributed by atoms with E-state index in [2.05, 4.69) is 0 Å². The summed E-state index contributed by atoms with van der Waals surface area (Å²) in [7, 11) is 0. The van der Waals surface area contributed by atoms with E-state index in [4.69, 9.17) is 0 Å². The van der Waals surface area contributed by atoms with E-state index in [0.717, 1.165) is 12.3 Å². The number of Topliss-reactive ketones (excluding diaryl/α,β-unsaturated/α-hetero) is 3. The van der Waals surface area contributed by atoms with Gasteiger partial charge in [0.15, 0.2) is 0 Å². The Hall–Kier alpha value is -1.41. The smallest absolute Gasteiger partial charge is 0.300 e. The number of carbonyl (C=O) groups excluding carboxylic acids is 3. The number of alkyl halides is 6. The Balaban J connectivity index is 0.000000406. The van der Waals surface area contributed by atoms with Crippen LogP contribution in [0.5, 0.6) is 0 Å². The average Bonchev–Trinajstić information content (AvgIpc) is 2.36. The van der Waals surface area contributed by atoms with Crippen LogP contribution in [0.25, 0.3) is 0 Å². The topological polar surface area (TPSA) is 51.2 Å². The third-order valence-corrected chi connectivity index (χ3v) is 3.02. The lowest BCUT2D eigenvalue weighted by Gasteiger charge is -2.19. The van der Waals surface area contributed by atoms with Crippen LogP contribution in [-0.4, -0.2) is 29.7 Å². The molecule has 0 unspecified atom stereocenters. The maximum Gasteiger partial charge on any atom is 0.458 e. The van der Waals surface area contributed by atoms with E-state index in [9.17, 15) is 40.7 Å². The lowest BCUT2D eigenvalue weighted by atomic mass is 9.86. The molecular formula is C13H16F6O3. The fourth-order valence-electron chi connectivity index (χ4n) is 2.06. The molecule has 22 heavy (non-hydrogen) atoms. The van der Waals surface area contributed by atoms with Crippen LogP contribution in [0.15, 0.2) is 0 Å². The van der Waals surface area contributed by atoms with Crippen molar-refractivity contribution in [1.82, 2.24) is 0 Å². The number of hydrogen-bond acceptors (Lipinski definition) is 3. The van der Waals surface area contributed by atoms with Crippen LogP contribution in [0.4, 0.5) is 26.3 Å². The van der Waals surface area contributed by atoms with E-state index in [0.29, 0.717) is 5.78 Å². The van der Waals surface area contributed by atoms with E-state index < -0.39 is 23.9 Å². The molecule has 0 amide bonds. The number of carbonyl (C=O) groups is 3. The van der Waals surface area contributed by atoms with Crippen molar-refractivity contribution < 1.29 is 40.7 Å². The summed E-state index contributed by atoms with van der Waals surface area (Å²) in [6, 6.07) is 0. The van der Waals surface area contributed by atoms with Crippen molar-refractivity contribution in [2.24, 2.45) is 5.92 Å². The first kappa shape index (κ1) is 20.6. The molecule has 1 rings (SSSR count). The Kier molecular flexibility index (Phi) is 7.75. The molecule has 1 aliphatic carbocycles. The van der Waals surface area contributed by atoms with Crippen LogP contribution in [-0.2, 0) is 14.4 Å². The zero-order valence-corrected chi connectivity index (χ0v) is 11.8. The molecule has 0 atom stereocenters. The molecule has 0 aliphatic heterocycles. The van der Waals surface area contributed by atoms with E-state index >= 15 is 0 Å². The van der Waals surface area contributed by atoms with Gasteiger partial charge in [0.25, 0.3) is 0 Å². The fraction of sp³-hybridized carbons (Fsp3) is 0.769. The van der Waals surface area contributed by atoms with E-state index in [1.807, 2.05) is 0 Å². The second kappa shape index (κ2) is 8.28. The first-order valence-electron chi connectivity index (χ1n) is 6.57. The van der Waals surface area contributed by atoms with Crippen molar-refractivity contribution in [3.05, 3.63) is 0 Å². The molecule has 1 saturated carbocycles. The van der Waals surface area contributed by atoms with Crippen molar-refractivity contribution in [1.29, 1.82) is 0 Å². The Labute approximate surface area is 123 Å². The van der Waals surface area contributed by atoms with Crippen molar-refractivity contribution in [3.8, 4) is 0 Å². The van der Waals surface area contributed by atoms with Crippen molar-refractivity contribution in [3.63, 3.8) is 0 Å². The Morgan fingerprint density at radius 1 is 0.818 bits per heavy atom. The molecule has 0 aromatic rings. The minimum absolute atomic E-state index is 0.368. The molecule has 0 aromatic carbocycles. The Morgan fingerprint density at radius 2 is 1.18 bits per heavy atom. The summed E-state index contributed by atoms with van der Waals surface area (Å²) < 4.78 is 67.0. The highest BCUT2D eigenvalue weighted by Gasteiger charge is 2.54. The van der Waals surface area contributed by atoms with Crippen LogP contribution < -0.4 is 0 Å². The first-order chi connectivity index (χ1) is 9.85. The first-order valence-corrected chi connectivity index (χ1v) is 6.57. The maximum absolute atomic E-state index is 11.2. The van der Waals surface area contributed by atoms with Crippen molar-refractivity contribution in [2.45, 2.75) is 57.8 Å². The third kappa shape index (κ3) is 8.14. The second-order valence-electron chi connectivity index (χ2n) is 5.06. The Bertz CT molecular complexity index is 381. The molecule has 0 N–H and O–H groups in total. The average molecular weight is 334 g/mol. The van der Waals surface area contributed by atoms with Crippen LogP contribution in [0.1, 0.15) is 45.4 Å². The molecule has 1 fully saturated rings. The number of rotatable bonds is 3. The van der Waals surface area contributed by atoms with Gasteiger partial charge in [-0.25, -0.2) is 0 Å². The van der Waals surface area contributed by atoms with Crippen LogP contribution in [0.3, 0.4) is 0 Å². The van der Waals surface area contributed by atoms with Gasteiger partial charge in [-0.05, 0) is 12.8 Å². The SMILES string of the molecule is CC(=O)CC1CCCCC1.O=C(C(=O)C(F)(F)F)C(F)(F)F. The van der Waals surface area contributed by atoms with Gasteiger partial charge in [0.05, 0.1) is 0 Å². The zero-order valence-electron chi connectivity index (χ0n) is 11.8. The van der Waals surface area contributed by atoms with Crippen LogP contribution >= 0.6 is 0 Å². The van der Waals surface area contributed by atoms with E-state index in [-0.39, 0.29) is 0 Å². The molecule has 0 saturated heterocycles. The summed E-state index contributed by atoms with van der Waals surface area (Å²) in [5.74, 6) is -5.72.